The van der Waals surface area contributed by atoms with Gasteiger partial charge in [-0.25, -0.2) is 13.9 Å². The van der Waals surface area contributed by atoms with Gasteiger partial charge in [-0.15, -0.1) is 0 Å². The Morgan fingerprint density at radius 3 is 2.39 bits per heavy atom. The zero-order chi connectivity index (χ0) is 23.3. The maximum Gasteiger partial charge on any atom is 0.329 e. The Labute approximate surface area is 191 Å². The van der Waals surface area contributed by atoms with Crippen LogP contribution in [0.3, 0.4) is 0 Å². The summed E-state index contributed by atoms with van der Waals surface area (Å²) in [6.45, 7) is 5.84. The average molecular weight is 449 g/mol. The predicted molar refractivity (Wildman–Crippen MR) is 130 cm³/mol. The lowest BCUT2D eigenvalue weighted by Gasteiger charge is -2.24. The van der Waals surface area contributed by atoms with Crippen molar-refractivity contribution in [2.45, 2.75) is 38.8 Å². The normalized spacial score (nSPS) is 15.1. The molecule has 1 fully saturated rings. The molecule has 1 saturated heterocycles. The molecule has 1 aliphatic rings. The van der Waals surface area contributed by atoms with Crippen LogP contribution in [0, 0.1) is 5.82 Å². The number of fused-ring (bicyclic) bond motifs is 1. The van der Waals surface area contributed by atoms with E-state index >= 15 is 0 Å². The Balaban J connectivity index is 1.73. The molecule has 33 heavy (non-hydrogen) atoms. The number of piperidine rings is 1. The van der Waals surface area contributed by atoms with Crippen molar-refractivity contribution in [2.75, 3.05) is 18.8 Å². The second kappa shape index (κ2) is 8.19. The van der Waals surface area contributed by atoms with E-state index in [-0.39, 0.29) is 23.6 Å². The molecule has 7 nitrogen and oxygen atoms in total. The molecular formula is C25H29FN6O. The molecule has 1 aliphatic heterocycles. The quantitative estimate of drug-likeness (QED) is 0.493. The van der Waals surface area contributed by atoms with Crippen molar-refractivity contribution < 1.29 is 4.39 Å². The van der Waals surface area contributed by atoms with Gasteiger partial charge in [0.25, 0.3) is 0 Å². The molecule has 0 unspecified atom stereocenters. The molecule has 0 amide bonds. The van der Waals surface area contributed by atoms with Gasteiger partial charge in [0, 0.05) is 18.7 Å². The summed E-state index contributed by atoms with van der Waals surface area (Å²) in [6, 6.07) is 12.6. The Morgan fingerprint density at radius 2 is 1.73 bits per heavy atom. The zero-order valence-electron chi connectivity index (χ0n) is 19.2. The molecular weight excluding hydrogens is 419 g/mol. The number of nitrogens with two attached hydrogens (primary N) is 1. The van der Waals surface area contributed by atoms with Gasteiger partial charge in [0.15, 0.2) is 0 Å². The third kappa shape index (κ3) is 3.54. The zero-order valence-corrected chi connectivity index (χ0v) is 19.2. The standard InChI is InChI=1S/C25H29FN6O/c1-15(2)31-20-9-6-17(14-21(20)30(3)25(31)33)22-23(16-4-7-18(26)8-5-16)29-32(24(22)27)19-10-12-28-13-11-19/h4-9,14-15,19,28H,10-13,27H2,1-3H3. The third-order valence-electron chi connectivity index (χ3n) is 6.61. The number of anilines is 1. The van der Waals surface area contributed by atoms with Crippen molar-refractivity contribution in [3.05, 3.63) is 58.8 Å². The third-order valence-corrected chi connectivity index (χ3v) is 6.61. The van der Waals surface area contributed by atoms with Crippen LogP contribution in [0.1, 0.15) is 38.8 Å². The molecule has 0 atom stereocenters. The molecule has 0 saturated carbocycles. The molecule has 0 radical (unpaired) electrons. The lowest BCUT2D eigenvalue weighted by molar-refractivity contribution is 0.347. The highest BCUT2D eigenvalue weighted by atomic mass is 19.1. The van der Waals surface area contributed by atoms with E-state index in [4.69, 9.17) is 10.8 Å². The Morgan fingerprint density at radius 1 is 1.06 bits per heavy atom. The SMILES string of the molecule is CC(C)n1c(=O)n(C)c2cc(-c3c(-c4ccc(F)cc4)nn(C4CCNCC4)c3N)ccc21. The summed E-state index contributed by atoms with van der Waals surface area (Å²) >= 11 is 0. The van der Waals surface area contributed by atoms with Gasteiger partial charge in [0.05, 0.1) is 22.6 Å². The van der Waals surface area contributed by atoms with E-state index in [0.29, 0.717) is 5.82 Å². The second-order valence-corrected chi connectivity index (χ2v) is 9.05. The number of aryl methyl sites for hydroxylation is 1. The van der Waals surface area contributed by atoms with Crippen LogP contribution in [0.15, 0.2) is 47.3 Å². The first-order valence-corrected chi connectivity index (χ1v) is 11.4. The molecule has 5 rings (SSSR count). The van der Waals surface area contributed by atoms with Crippen molar-refractivity contribution >= 4 is 16.9 Å². The lowest BCUT2D eigenvalue weighted by atomic mass is 10.00. The first kappa shape index (κ1) is 21.5. The van der Waals surface area contributed by atoms with Crippen molar-refractivity contribution in [1.82, 2.24) is 24.2 Å². The molecule has 3 heterocycles. The van der Waals surface area contributed by atoms with Crippen LogP contribution in [0.2, 0.25) is 0 Å². The maximum atomic E-state index is 13.6. The van der Waals surface area contributed by atoms with Gasteiger partial charge in [0.2, 0.25) is 0 Å². The van der Waals surface area contributed by atoms with Crippen molar-refractivity contribution in [2.24, 2.45) is 7.05 Å². The number of rotatable bonds is 4. The van der Waals surface area contributed by atoms with Crippen molar-refractivity contribution in [1.29, 1.82) is 0 Å². The molecule has 172 valence electrons. The van der Waals surface area contributed by atoms with Crippen LogP contribution < -0.4 is 16.7 Å². The number of imidazole rings is 1. The van der Waals surface area contributed by atoms with Gasteiger partial charge in [-0.1, -0.05) is 6.07 Å². The van der Waals surface area contributed by atoms with Crippen LogP contribution in [0.4, 0.5) is 10.2 Å². The molecule has 8 heteroatoms. The summed E-state index contributed by atoms with van der Waals surface area (Å²) in [5.74, 6) is 0.298. The fourth-order valence-electron chi connectivity index (χ4n) is 4.89. The maximum absolute atomic E-state index is 13.6. The van der Waals surface area contributed by atoms with E-state index in [1.54, 1.807) is 28.3 Å². The van der Waals surface area contributed by atoms with Gasteiger partial charge in [-0.05, 0) is 81.7 Å². The van der Waals surface area contributed by atoms with Crippen LogP contribution in [-0.2, 0) is 7.05 Å². The predicted octanol–water partition coefficient (Wildman–Crippen LogP) is 4.10. The summed E-state index contributed by atoms with van der Waals surface area (Å²) in [6.07, 6.45) is 1.89. The van der Waals surface area contributed by atoms with Gasteiger partial charge in [-0.2, -0.15) is 5.10 Å². The Bertz CT molecular complexity index is 1370. The summed E-state index contributed by atoms with van der Waals surface area (Å²) in [7, 11) is 1.79. The average Bonchev–Trinajstić information content (AvgIpc) is 3.28. The van der Waals surface area contributed by atoms with E-state index in [1.165, 1.54) is 12.1 Å². The van der Waals surface area contributed by atoms with Crippen LogP contribution in [-0.4, -0.2) is 32.0 Å². The molecule has 4 aromatic rings. The van der Waals surface area contributed by atoms with Gasteiger partial charge < -0.3 is 11.1 Å². The monoisotopic (exact) mass is 448 g/mol. The summed E-state index contributed by atoms with van der Waals surface area (Å²) in [4.78, 5) is 12.8. The van der Waals surface area contributed by atoms with Crippen LogP contribution >= 0.6 is 0 Å². The van der Waals surface area contributed by atoms with E-state index in [0.717, 1.165) is 59.3 Å². The minimum absolute atomic E-state index is 0.0470. The van der Waals surface area contributed by atoms with E-state index < -0.39 is 0 Å². The minimum Gasteiger partial charge on any atom is -0.383 e. The van der Waals surface area contributed by atoms with Crippen LogP contribution in [0.5, 0.6) is 0 Å². The largest absolute Gasteiger partial charge is 0.383 e. The molecule has 0 spiro atoms. The summed E-state index contributed by atoms with van der Waals surface area (Å²) in [5.41, 5.74) is 11.6. The van der Waals surface area contributed by atoms with Crippen molar-refractivity contribution in [3.8, 4) is 22.4 Å². The first-order valence-electron chi connectivity index (χ1n) is 11.4. The highest BCUT2D eigenvalue weighted by Gasteiger charge is 2.25. The minimum atomic E-state index is -0.294. The van der Waals surface area contributed by atoms with E-state index in [9.17, 15) is 9.18 Å². The smallest absolute Gasteiger partial charge is 0.329 e. The number of nitrogens with one attached hydrogen (secondary N) is 1. The highest BCUT2D eigenvalue weighted by Crippen LogP contribution is 2.39. The van der Waals surface area contributed by atoms with Gasteiger partial charge in [0.1, 0.15) is 17.3 Å². The van der Waals surface area contributed by atoms with E-state index in [2.05, 4.69) is 5.32 Å². The van der Waals surface area contributed by atoms with Gasteiger partial charge >= 0.3 is 5.69 Å². The molecule has 0 aliphatic carbocycles. The topological polar surface area (TPSA) is 82.8 Å². The van der Waals surface area contributed by atoms with E-state index in [1.807, 2.05) is 36.7 Å². The lowest BCUT2D eigenvalue weighted by Crippen LogP contribution is -2.30. The number of nitrogens with zero attached hydrogens (tertiary/aromatic N) is 4. The number of aromatic nitrogens is 4. The highest BCUT2D eigenvalue weighted by molar-refractivity contribution is 5.92. The fourth-order valence-corrected chi connectivity index (χ4v) is 4.89. The first-order chi connectivity index (χ1) is 15.9. The number of hydrogen-bond donors (Lipinski definition) is 2. The number of benzene rings is 2. The molecule has 2 aromatic heterocycles. The summed E-state index contributed by atoms with van der Waals surface area (Å²) < 4.78 is 19.0. The fraction of sp³-hybridized carbons (Fsp3) is 0.360. The Kier molecular flexibility index (Phi) is 5.32. The second-order valence-electron chi connectivity index (χ2n) is 9.05. The molecule has 2 aromatic carbocycles. The van der Waals surface area contributed by atoms with Gasteiger partial charge in [-0.3, -0.25) is 9.13 Å². The van der Waals surface area contributed by atoms with Crippen LogP contribution in [0.25, 0.3) is 33.4 Å². The number of nitrogen functional groups attached to an aromatic ring is 1. The number of hydrogen-bond acceptors (Lipinski definition) is 4. The van der Waals surface area contributed by atoms with Crippen molar-refractivity contribution in [3.63, 3.8) is 0 Å². The number of halogens is 1. The molecule has 0 bridgehead atoms. The summed E-state index contributed by atoms with van der Waals surface area (Å²) in [5, 5.41) is 8.31. The Hall–Kier alpha value is -3.39. The molecule has 3 N–H and O–H groups in total.